The molecule has 0 saturated carbocycles. The summed E-state index contributed by atoms with van der Waals surface area (Å²) in [6.45, 7) is 8.28. The van der Waals surface area contributed by atoms with Gasteiger partial charge in [0.1, 0.15) is 5.75 Å². The summed E-state index contributed by atoms with van der Waals surface area (Å²) >= 11 is 0. The smallest absolute Gasteiger partial charge is 0.266 e. The number of nitrogens with one attached hydrogen (secondary N) is 2. The van der Waals surface area contributed by atoms with Crippen LogP contribution in [0.2, 0.25) is 0 Å². The van der Waals surface area contributed by atoms with Crippen LogP contribution < -0.4 is 15.4 Å². The Balaban J connectivity index is 1.69. The number of hydrogen-bond donors (Lipinski definition) is 2. The standard InChI is InChI=1S/C21H33N3O3/c1-3-5-13-24(14-6-4-2)15-9-12-22-20(25)16-19-21(26)23-17-10-7-8-11-18(17)27-19/h7-8,10-11,19H,3-6,9,12-16H2,1-2H3,(H,22,25)(H,23,26)/t19-/m0/s1. The van der Waals surface area contributed by atoms with Crippen LogP contribution in [0, 0.1) is 0 Å². The van der Waals surface area contributed by atoms with Crippen LogP contribution in [-0.4, -0.2) is 49.0 Å². The molecule has 2 rings (SSSR count). The molecule has 0 spiro atoms. The molecule has 150 valence electrons. The lowest BCUT2D eigenvalue weighted by molar-refractivity contribution is -0.130. The predicted octanol–water partition coefficient (Wildman–Crippen LogP) is 3.18. The van der Waals surface area contributed by atoms with Crippen molar-refractivity contribution in [1.82, 2.24) is 10.2 Å². The third-order valence-corrected chi connectivity index (χ3v) is 4.71. The van der Waals surface area contributed by atoms with Crippen molar-refractivity contribution < 1.29 is 14.3 Å². The molecule has 1 atom stereocenters. The lowest BCUT2D eigenvalue weighted by Gasteiger charge is -2.25. The van der Waals surface area contributed by atoms with Gasteiger partial charge in [-0.05, 0) is 51.0 Å². The van der Waals surface area contributed by atoms with Gasteiger partial charge in [0.05, 0.1) is 12.1 Å². The number of carbonyl (C=O) groups is 2. The number of benzene rings is 1. The van der Waals surface area contributed by atoms with Crippen LogP contribution in [-0.2, 0) is 9.59 Å². The number of carbonyl (C=O) groups excluding carboxylic acids is 2. The maximum Gasteiger partial charge on any atom is 0.266 e. The molecule has 6 heteroatoms. The Bertz CT molecular complexity index is 598. The Morgan fingerprint density at radius 2 is 1.78 bits per heavy atom. The van der Waals surface area contributed by atoms with E-state index in [2.05, 4.69) is 29.4 Å². The van der Waals surface area contributed by atoms with E-state index in [1.54, 1.807) is 12.1 Å². The molecule has 1 aliphatic rings. The van der Waals surface area contributed by atoms with Gasteiger partial charge in [0.2, 0.25) is 5.91 Å². The van der Waals surface area contributed by atoms with Crippen molar-refractivity contribution >= 4 is 17.5 Å². The molecular weight excluding hydrogens is 342 g/mol. The number of ether oxygens (including phenoxy) is 1. The molecule has 1 aromatic carbocycles. The van der Waals surface area contributed by atoms with Gasteiger partial charge in [0, 0.05) is 6.54 Å². The van der Waals surface area contributed by atoms with Gasteiger partial charge < -0.3 is 20.3 Å². The average Bonchev–Trinajstić information content (AvgIpc) is 2.67. The quantitative estimate of drug-likeness (QED) is 0.551. The van der Waals surface area contributed by atoms with Crippen molar-refractivity contribution in [2.24, 2.45) is 0 Å². The molecule has 1 heterocycles. The van der Waals surface area contributed by atoms with Crippen LogP contribution in [0.25, 0.3) is 0 Å². The number of nitrogens with zero attached hydrogens (tertiary/aromatic N) is 1. The molecule has 0 bridgehead atoms. The summed E-state index contributed by atoms with van der Waals surface area (Å²) in [6.07, 6.45) is 5.01. The fourth-order valence-corrected chi connectivity index (χ4v) is 3.10. The minimum absolute atomic E-state index is 0.0373. The highest BCUT2D eigenvalue weighted by molar-refractivity contribution is 5.99. The molecule has 6 nitrogen and oxygen atoms in total. The second kappa shape index (κ2) is 11.6. The normalized spacial score (nSPS) is 15.8. The first-order chi connectivity index (χ1) is 13.1. The maximum atomic E-state index is 12.2. The fraction of sp³-hybridized carbons (Fsp3) is 0.619. The van der Waals surface area contributed by atoms with Gasteiger partial charge in [-0.2, -0.15) is 0 Å². The summed E-state index contributed by atoms with van der Waals surface area (Å²) in [5.74, 6) is 0.190. The minimum atomic E-state index is -0.773. The molecule has 0 aromatic heterocycles. The minimum Gasteiger partial charge on any atom is -0.478 e. The van der Waals surface area contributed by atoms with E-state index in [-0.39, 0.29) is 18.2 Å². The second-order valence-corrected chi connectivity index (χ2v) is 7.05. The molecule has 0 unspecified atom stereocenters. The van der Waals surface area contributed by atoms with Crippen LogP contribution in [0.15, 0.2) is 24.3 Å². The van der Waals surface area contributed by atoms with Crippen molar-refractivity contribution in [3.63, 3.8) is 0 Å². The monoisotopic (exact) mass is 375 g/mol. The number of rotatable bonds is 12. The Hall–Kier alpha value is -2.08. The van der Waals surface area contributed by atoms with E-state index in [1.807, 2.05) is 12.1 Å². The predicted molar refractivity (Wildman–Crippen MR) is 108 cm³/mol. The summed E-state index contributed by atoms with van der Waals surface area (Å²) in [4.78, 5) is 26.7. The Morgan fingerprint density at radius 3 is 2.48 bits per heavy atom. The van der Waals surface area contributed by atoms with E-state index in [9.17, 15) is 9.59 Å². The zero-order valence-electron chi connectivity index (χ0n) is 16.6. The number of anilines is 1. The van der Waals surface area contributed by atoms with Gasteiger partial charge in [-0.15, -0.1) is 0 Å². The summed E-state index contributed by atoms with van der Waals surface area (Å²) in [6, 6.07) is 7.25. The average molecular weight is 376 g/mol. The van der Waals surface area contributed by atoms with Crippen LogP contribution in [0.5, 0.6) is 5.75 Å². The first kappa shape index (κ1) is 21.2. The second-order valence-electron chi connectivity index (χ2n) is 7.05. The van der Waals surface area contributed by atoms with E-state index in [4.69, 9.17) is 4.74 Å². The molecule has 0 radical (unpaired) electrons. The molecule has 0 aliphatic carbocycles. The van der Waals surface area contributed by atoms with E-state index >= 15 is 0 Å². The summed E-state index contributed by atoms with van der Waals surface area (Å²) in [5.41, 5.74) is 0.651. The molecule has 2 N–H and O–H groups in total. The third-order valence-electron chi connectivity index (χ3n) is 4.71. The molecule has 27 heavy (non-hydrogen) atoms. The molecular formula is C21H33N3O3. The van der Waals surface area contributed by atoms with E-state index < -0.39 is 6.10 Å². The SMILES string of the molecule is CCCCN(CCCC)CCCNC(=O)C[C@@H]1Oc2ccccc2NC1=O. The lowest BCUT2D eigenvalue weighted by Crippen LogP contribution is -2.41. The summed E-state index contributed by atoms with van der Waals surface area (Å²) < 4.78 is 5.67. The highest BCUT2D eigenvalue weighted by Gasteiger charge is 2.29. The van der Waals surface area contributed by atoms with Gasteiger partial charge in [0.15, 0.2) is 6.10 Å². The zero-order chi connectivity index (χ0) is 19.5. The van der Waals surface area contributed by atoms with Crippen molar-refractivity contribution in [3.8, 4) is 5.75 Å². The number of hydrogen-bond acceptors (Lipinski definition) is 4. The van der Waals surface area contributed by atoms with Gasteiger partial charge in [-0.1, -0.05) is 38.8 Å². The van der Waals surface area contributed by atoms with Crippen molar-refractivity contribution in [2.75, 3.05) is 31.5 Å². The van der Waals surface area contributed by atoms with Crippen LogP contribution >= 0.6 is 0 Å². The van der Waals surface area contributed by atoms with Crippen LogP contribution in [0.1, 0.15) is 52.4 Å². The van der Waals surface area contributed by atoms with Gasteiger partial charge in [-0.25, -0.2) is 0 Å². The molecule has 0 fully saturated rings. The molecule has 1 aromatic rings. The molecule has 2 amide bonds. The topological polar surface area (TPSA) is 70.7 Å². The first-order valence-corrected chi connectivity index (χ1v) is 10.2. The van der Waals surface area contributed by atoms with Crippen molar-refractivity contribution in [1.29, 1.82) is 0 Å². The highest BCUT2D eigenvalue weighted by Crippen LogP contribution is 2.29. The number of fused-ring (bicyclic) bond motifs is 1. The Morgan fingerprint density at radius 1 is 1.11 bits per heavy atom. The highest BCUT2D eigenvalue weighted by atomic mass is 16.5. The number of para-hydroxylation sites is 2. The number of amides is 2. The Kier molecular flexibility index (Phi) is 9.11. The van der Waals surface area contributed by atoms with E-state index in [0.717, 1.165) is 26.1 Å². The van der Waals surface area contributed by atoms with Crippen molar-refractivity contribution in [3.05, 3.63) is 24.3 Å². The third kappa shape index (κ3) is 7.21. The van der Waals surface area contributed by atoms with E-state index in [0.29, 0.717) is 18.0 Å². The van der Waals surface area contributed by atoms with Gasteiger partial charge in [-0.3, -0.25) is 9.59 Å². The van der Waals surface area contributed by atoms with E-state index in [1.165, 1.54) is 25.7 Å². The van der Waals surface area contributed by atoms with Crippen LogP contribution in [0.3, 0.4) is 0 Å². The summed E-state index contributed by atoms with van der Waals surface area (Å²) in [7, 11) is 0. The summed E-state index contributed by atoms with van der Waals surface area (Å²) in [5, 5.41) is 5.70. The molecule has 1 aliphatic heterocycles. The lowest BCUT2D eigenvalue weighted by atomic mass is 10.1. The van der Waals surface area contributed by atoms with Crippen LogP contribution in [0.4, 0.5) is 5.69 Å². The van der Waals surface area contributed by atoms with Crippen molar-refractivity contribution in [2.45, 2.75) is 58.5 Å². The number of unbranched alkanes of at least 4 members (excludes halogenated alkanes) is 2. The van der Waals surface area contributed by atoms with Gasteiger partial charge in [0.25, 0.3) is 5.91 Å². The zero-order valence-corrected chi connectivity index (χ0v) is 16.6. The maximum absolute atomic E-state index is 12.2. The molecule has 0 saturated heterocycles. The fourth-order valence-electron chi connectivity index (χ4n) is 3.10. The first-order valence-electron chi connectivity index (χ1n) is 10.2. The largest absolute Gasteiger partial charge is 0.478 e. The van der Waals surface area contributed by atoms with Gasteiger partial charge >= 0.3 is 0 Å². The Labute approximate surface area is 162 Å².